The Kier molecular flexibility index (Phi) is 7.35. The van der Waals surface area contributed by atoms with E-state index >= 15 is 0 Å². The van der Waals surface area contributed by atoms with Gasteiger partial charge in [-0.25, -0.2) is 0 Å². The van der Waals surface area contributed by atoms with Gasteiger partial charge in [-0.1, -0.05) is 0 Å². The molecule has 1 heterocycles. The molecule has 1 aliphatic rings. The van der Waals surface area contributed by atoms with E-state index in [1.807, 2.05) is 6.07 Å². The number of hydrogen-bond acceptors (Lipinski definition) is 4. The van der Waals surface area contributed by atoms with Gasteiger partial charge in [-0.15, -0.1) is 0 Å². The molecule has 1 aromatic heterocycles. The van der Waals surface area contributed by atoms with Crippen LogP contribution in [-0.2, 0) is 6.18 Å². The standard InChI is InChI=1S/C25H24BClF3N4O/c1-31-17-4-2-3-14(11-17)24(35)34-21-10-7-16(6-8-19(21)26)32-22-13-23(25(28,29)30)33-20-9-5-15(27)12-18(20)22/h2-5,9,11-13,16,21,31H,6-8,10H2,1H3,(H,32,33)(H,34,35)/t16-,21-/m0/s1. The summed E-state index contributed by atoms with van der Waals surface area (Å²) in [6.07, 6.45) is -2.29. The molecule has 0 aliphatic heterocycles. The third-order valence-electron chi connectivity index (χ3n) is 6.17. The van der Waals surface area contributed by atoms with Gasteiger partial charge < -0.3 is 0 Å². The predicted octanol–water partition coefficient (Wildman–Crippen LogP) is 5.44. The van der Waals surface area contributed by atoms with Crippen molar-refractivity contribution in [3.05, 3.63) is 64.8 Å². The van der Waals surface area contributed by atoms with Gasteiger partial charge in [0.1, 0.15) is 0 Å². The van der Waals surface area contributed by atoms with E-state index in [-0.39, 0.29) is 23.5 Å². The molecule has 1 fully saturated rings. The van der Waals surface area contributed by atoms with Crippen molar-refractivity contribution in [2.75, 3.05) is 17.7 Å². The van der Waals surface area contributed by atoms with Gasteiger partial charge in [-0.05, 0) is 0 Å². The topological polar surface area (TPSA) is 66.0 Å². The van der Waals surface area contributed by atoms with Gasteiger partial charge in [-0.2, -0.15) is 0 Å². The number of benzene rings is 2. The minimum atomic E-state index is -4.58. The molecule has 4 rings (SSSR count). The third kappa shape index (κ3) is 5.96. The van der Waals surface area contributed by atoms with Gasteiger partial charge in [0.25, 0.3) is 0 Å². The Hall–Kier alpha value is -3.07. The molecule has 181 valence electrons. The van der Waals surface area contributed by atoms with Crippen LogP contribution in [0.25, 0.3) is 10.9 Å². The van der Waals surface area contributed by atoms with Gasteiger partial charge in [0, 0.05) is 0 Å². The van der Waals surface area contributed by atoms with E-state index in [0.717, 1.165) is 11.8 Å². The Morgan fingerprint density at radius 2 is 1.91 bits per heavy atom. The summed E-state index contributed by atoms with van der Waals surface area (Å²) in [6, 6.07) is 12.3. The molecule has 1 amide bonds. The first kappa shape index (κ1) is 25.0. The molecular weight excluding hydrogens is 476 g/mol. The second-order valence-electron chi connectivity index (χ2n) is 8.60. The number of rotatable bonds is 5. The Morgan fingerprint density at radius 1 is 1.11 bits per heavy atom. The zero-order valence-corrected chi connectivity index (χ0v) is 19.8. The molecule has 0 bridgehead atoms. The van der Waals surface area contributed by atoms with Crippen LogP contribution in [0, 0.1) is 0 Å². The third-order valence-corrected chi connectivity index (χ3v) is 6.41. The zero-order chi connectivity index (χ0) is 25.2. The van der Waals surface area contributed by atoms with E-state index in [0.29, 0.717) is 52.8 Å². The summed E-state index contributed by atoms with van der Waals surface area (Å²) in [4.78, 5) is 16.5. The SMILES string of the molecule is [B]=C1CC[C@H](Nc2cc(C(F)(F)F)nc3ccc(Cl)cc23)CC[C@@H]1NC(=O)c1cccc(NC)c1. The Morgan fingerprint density at radius 3 is 2.66 bits per heavy atom. The first-order chi connectivity index (χ1) is 16.6. The summed E-state index contributed by atoms with van der Waals surface area (Å²) in [7, 11) is 8.07. The summed E-state index contributed by atoms with van der Waals surface area (Å²) in [6.45, 7) is 0. The maximum absolute atomic E-state index is 13.4. The maximum atomic E-state index is 13.4. The van der Waals surface area contributed by atoms with Crippen molar-refractivity contribution in [3.63, 3.8) is 0 Å². The van der Waals surface area contributed by atoms with E-state index in [1.54, 1.807) is 31.3 Å². The summed E-state index contributed by atoms with van der Waals surface area (Å²) in [5.41, 5.74) is 1.54. The number of halogens is 4. The Bertz CT molecular complexity index is 1270. The average molecular weight is 500 g/mol. The number of nitrogens with zero attached hydrogens (tertiary/aromatic N) is 1. The van der Waals surface area contributed by atoms with Crippen LogP contribution in [0.2, 0.25) is 5.02 Å². The number of carbonyl (C=O) groups excluding carboxylic acids is 1. The second kappa shape index (κ2) is 10.3. The predicted molar refractivity (Wildman–Crippen MR) is 136 cm³/mol. The quantitative estimate of drug-likeness (QED) is 0.323. The van der Waals surface area contributed by atoms with Crippen molar-refractivity contribution < 1.29 is 18.0 Å². The van der Waals surface area contributed by atoms with Crippen molar-refractivity contribution in [1.29, 1.82) is 0 Å². The fraction of sp³-hybridized carbons (Fsp3) is 0.320. The number of fused-ring (bicyclic) bond motifs is 1. The fourth-order valence-corrected chi connectivity index (χ4v) is 4.43. The molecule has 1 aliphatic carbocycles. The van der Waals surface area contributed by atoms with E-state index in [2.05, 4.69) is 20.9 Å². The minimum absolute atomic E-state index is 0.145. The molecule has 1 saturated carbocycles. The van der Waals surface area contributed by atoms with E-state index in [4.69, 9.17) is 19.1 Å². The zero-order valence-electron chi connectivity index (χ0n) is 19.0. The van der Waals surface area contributed by atoms with Crippen LogP contribution in [0.3, 0.4) is 0 Å². The van der Waals surface area contributed by atoms with Crippen LogP contribution in [0.5, 0.6) is 0 Å². The number of alkyl halides is 3. The van der Waals surface area contributed by atoms with Gasteiger partial charge in [0.2, 0.25) is 0 Å². The van der Waals surface area contributed by atoms with Crippen molar-refractivity contribution in [2.45, 2.75) is 43.9 Å². The normalized spacial score (nSPS) is 18.7. The van der Waals surface area contributed by atoms with Crippen LogP contribution in [0.1, 0.15) is 41.7 Å². The number of anilines is 2. The summed E-state index contributed by atoms with van der Waals surface area (Å²) >= 11 is 6.10. The van der Waals surface area contributed by atoms with Gasteiger partial charge in [-0.3, -0.25) is 0 Å². The number of nitrogens with one attached hydrogen (secondary N) is 3. The van der Waals surface area contributed by atoms with Crippen molar-refractivity contribution in [3.8, 4) is 0 Å². The van der Waals surface area contributed by atoms with Gasteiger partial charge in [0.05, 0.1) is 0 Å². The second-order valence-corrected chi connectivity index (χ2v) is 9.04. The first-order valence-electron chi connectivity index (χ1n) is 11.3. The number of aromatic nitrogens is 1. The van der Waals surface area contributed by atoms with E-state index in [9.17, 15) is 18.0 Å². The van der Waals surface area contributed by atoms with Gasteiger partial charge in [0.15, 0.2) is 0 Å². The van der Waals surface area contributed by atoms with E-state index < -0.39 is 11.9 Å². The van der Waals surface area contributed by atoms with E-state index in [1.165, 1.54) is 12.1 Å². The Labute approximate surface area is 207 Å². The molecule has 35 heavy (non-hydrogen) atoms. The molecule has 2 atom stereocenters. The molecule has 0 saturated heterocycles. The van der Waals surface area contributed by atoms with Gasteiger partial charge >= 0.3 is 207 Å². The number of carbonyl (C=O) groups is 1. The van der Waals surface area contributed by atoms with Crippen LogP contribution in [0.15, 0.2) is 48.5 Å². The molecule has 3 aromatic rings. The molecule has 0 unspecified atom stereocenters. The summed E-state index contributed by atoms with van der Waals surface area (Å²) < 4.78 is 40.3. The number of hydrogen-bond donors (Lipinski definition) is 3. The van der Waals surface area contributed by atoms with Crippen molar-refractivity contribution in [2.24, 2.45) is 0 Å². The van der Waals surface area contributed by atoms with Crippen molar-refractivity contribution >= 4 is 52.7 Å². The molecule has 3 N–H and O–H groups in total. The molecule has 5 nitrogen and oxygen atoms in total. The Balaban J connectivity index is 1.51. The molecular formula is C25H24BClF3N4O. The molecule has 1 radical (unpaired) electrons. The van der Waals surface area contributed by atoms with Crippen LogP contribution < -0.4 is 16.0 Å². The van der Waals surface area contributed by atoms with Crippen LogP contribution in [-0.4, -0.2) is 43.0 Å². The molecule has 10 heteroatoms. The average Bonchev–Trinajstić information content (AvgIpc) is 3.00. The van der Waals surface area contributed by atoms with Crippen LogP contribution >= 0.6 is 11.6 Å². The number of amides is 1. The molecule has 0 spiro atoms. The van der Waals surface area contributed by atoms with Crippen LogP contribution in [0.4, 0.5) is 24.5 Å². The fourth-order valence-electron chi connectivity index (χ4n) is 4.26. The monoisotopic (exact) mass is 499 g/mol. The number of pyridine rings is 1. The first-order valence-corrected chi connectivity index (χ1v) is 11.7. The molecule has 2 aromatic carbocycles. The van der Waals surface area contributed by atoms with Crippen molar-refractivity contribution in [1.82, 2.24) is 10.3 Å². The summed E-state index contributed by atoms with van der Waals surface area (Å²) in [5.74, 6) is -0.231. The summed E-state index contributed by atoms with van der Waals surface area (Å²) in [5, 5.41) is 10.2.